The van der Waals surface area contributed by atoms with Gasteiger partial charge in [0, 0.05) is 16.3 Å². The molecule has 0 fully saturated rings. The summed E-state index contributed by atoms with van der Waals surface area (Å²) in [6.07, 6.45) is -0.719. The van der Waals surface area contributed by atoms with Crippen LogP contribution >= 0.6 is 11.6 Å². The number of hydrogen-bond donors (Lipinski definition) is 1. The number of benzene rings is 2. The van der Waals surface area contributed by atoms with Crippen molar-refractivity contribution in [3.05, 3.63) is 58.6 Å². The average Bonchev–Trinajstić information content (AvgIpc) is 2.58. The molecule has 2 rings (SSSR count). The topological polar surface area (TPSA) is 64.6 Å². The Balaban J connectivity index is 2.06. The van der Waals surface area contributed by atoms with Gasteiger partial charge in [0.15, 0.2) is 6.10 Å². The van der Waals surface area contributed by atoms with Crippen LogP contribution in [0.5, 0.6) is 5.75 Å². The standard InChI is InChI=1S/C18H18ClNO4/c1-11-15(19)5-4-6-16(11)20-17(21)13-7-9-14(10-8-13)24-12(2)18(22)23-3/h4-10,12H,1-3H3,(H,20,21)/t12-/m1/s1. The lowest BCUT2D eigenvalue weighted by Crippen LogP contribution is -2.24. The molecule has 126 valence electrons. The van der Waals surface area contributed by atoms with Gasteiger partial charge in [-0.25, -0.2) is 4.79 Å². The van der Waals surface area contributed by atoms with Crippen LogP contribution in [0.3, 0.4) is 0 Å². The molecule has 0 aliphatic carbocycles. The number of amides is 1. The molecule has 1 atom stereocenters. The quantitative estimate of drug-likeness (QED) is 0.834. The van der Waals surface area contributed by atoms with E-state index < -0.39 is 12.1 Å². The number of halogens is 1. The fourth-order valence-electron chi connectivity index (χ4n) is 2.04. The first kappa shape index (κ1) is 17.8. The Morgan fingerprint density at radius 1 is 1.12 bits per heavy atom. The van der Waals surface area contributed by atoms with E-state index in [2.05, 4.69) is 10.1 Å². The molecule has 0 aromatic heterocycles. The Bertz CT molecular complexity index is 743. The van der Waals surface area contributed by atoms with Gasteiger partial charge >= 0.3 is 5.97 Å². The molecule has 0 saturated carbocycles. The zero-order chi connectivity index (χ0) is 17.7. The third kappa shape index (κ3) is 4.26. The zero-order valence-corrected chi connectivity index (χ0v) is 14.4. The summed E-state index contributed by atoms with van der Waals surface area (Å²) in [7, 11) is 1.30. The number of methoxy groups -OCH3 is 1. The first-order valence-corrected chi connectivity index (χ1v) is 7.71. The second kappa shape index (κ2) is 7.84. The van der Waals surface area contributed by atoms with Crippen molar-refractivity contribution in [1.29, 1.82) is 0 Å². The number of ether oxygens (including phenoxy) is 2. The predicted octanol–water partition coefficient (Wildman–Crippen LogP) is 3.84. The number of carbonyl (C=O) groups is 2. The Kier molecular flexibility index (Phi) is 5.82. The molecule has 0 saturated heterocycles. The van der Waals surface area contributed by atoms with Crippen LogP contribution in [0.4, 0.5) is 5.69 Å². The first-order chi connectivity index (χ1) is 11.4. The number of anilines is 1. The third-order valence-corrected chi connectivity index (χ3v) is 3.89. The second-order valence-electron chi connectivity index (χ2n) is 5.17. The number of hydrogen-bond acceptors (Lipinski definition) is 4. The lowest BCUT2D eigenvalue weighted by molar-refractivity contribution is -0.147. The molecule has 0 heterocycles. The van der Waals surface area contributed by atoms with Crippen molar-refractivity contribution in [2.24, 2.45) is 0 Å². The highest BCUT2D eigenvalue weighted by atomic mass is 35.5. The van der Waals surface area contributed by atoms with E-state index in [0.29, 0.717) is 22.0 Å². The predicted molar refractivity (Wildman–Crippen MR) is 92.7 cm³/mol. The molecule has 0 aliphatic rings. The van der Waals surface area contributed by atoms with Crippen molar-refractivity contribution in [2.75, 3.05) is 12.4 Å². The van der Waals surface area contributed by atoms with E-state index in [1.807, 2.05) is 6.92 Å². The maximum Gasteiger partial charge on any atom is 0.346 e. The van der Waals surface area contributed by atoms with E-state index in [-0.39, 0.29) is 5.91 Å². The zero-order valence-electron chi connectivity index (χ0n) is 13.6. The summed E-state index contributed by atoms with van der Waals surface area (Å²) in [6.45, 7) is 3.43. The van der Waals surface area contributed by atoms with Gasteiger partial charge in [0.2, 0.25) is 0 Å². The minimum Gasteiger partial charge on any atom is -0.479 e. The normalized spacial score (nSPS) is 11.5. The third-order valence-electron chi connectivity index (χ3n) is 3.48. The Hall–Kier alpha value is -2.53. The monoisotopic (exact) mass is 347 g/mol. The maximum absolute atomic E-state index is 12.3. The van der Waals surface area contributed by atoms with E-state index in [1.165, 1.54) is 7.11 Å². The molecule has 1 amide bonds. The van der Waals surface area contributed by atoms with Gasteiger partial charge in [0.25, 0.3) is 5.91 Å². The van der Waals surface area contributed by atoms with Crippen LogP contribution < -0.4 is 10.1 Å². The van der Waals surface area contributed by atoms with Gasteiger partial charge in [-0.2, -0.15) is 0 Å². The fourth-order valence-corrected chi connectivity index (χ4v) is 2.21. The molecule has 5 nitrogen and oxygen atoms in total. The number of rotatable bonds is 5. The maximum atomic E-state index is 12.3. The molecule has 0 aliphatic heterocycles. The van der Waals surface area contributed by atoms with Crippen LogP contribution in [0.15, 0.2) is 42.5 Å². The molecule has 6 heteroatoms. The summed E-state index contributed by atoms with van der Waals surface area (Å²) in [5.74, 6) is -0.246. The Morgan fingerprint density at radius 3 is 2.42 bits per heavy atom. The van der Waals surface area contributed by atoms with Crippen LogP contribution in [0.2, 0.25) is 5.02 Å². The molecular formula is C18H18ClNO4. The van der Waals surface area contributed by atoms with E-state index in [4.69, 9.17) is 16.3 Å². The van der Waals surface area contributed by atoms with Gasteiger partial charge in [-0.15, -0.1) is 0 Å². The van der Waals surface area contributed by atoms with Crippen molar-refractivity contribution in [3.63, 3.8) is 0 Å². The van der Waals surface area contributed by atoms with Crippen LogP contribution in [-0.2, 0) is 9.53 Å². The number of carbonyl (C=O) groups excluding carboxylic acids is 2. The SMILES string of the molecule is COC(=O)[C@@H](C)Oc1ccc(C(=O)Nc2cccc(Cl)c2C)cc1. The van der Waals surface area contributed by atoms with Crippen LogP contribution in [0, 0.1) is 6.92 Å². The smallest absolute Gasteiger partial charge is 0.346 e. The summed E-state index contributed by atoms with van der Waals surface area (Å²) in [4.78, 5) is 23.6. The van der Waals surface area contributed by atoms with Crippen molar-refractivity contribution in [2.45, 2.75) is 20.0 Å². The molecule has 2 aromatic rings. The lowest BCUT2D eigenvalue weighted by Gasteiger charge is -2.13. The summed E-state index contributed by atoms with van der Waals surface area (Å²) in [5.41, 5.74) is 1.93. The van der Waals surface area contributed by atoms with Gasteiger partial charge in [0.1, 0.15) is 5.75 Å². The summed E-state index contributed by atoms with van der Waals surface area (Å²) >= 11 is 6.04. The number of esters is 1. The van der Waals surface area contributed by atoms with Crippen molar-refractivity contribution >= 4 is 29.2 Å². The Morgan fingerprint density at radius 2 is 1.79 bits per heavy atom. The highest BCUT2D eigenvalue weighted by Gasteiger charge is 2.15. The molecular weight excluding hydrogens is 330 g/mol. The Labute approximate surface area is 145 Å². The lowest BCUT2D eigenvalue weighted by atomic mass is 10.1. The molecule has 0 radical (unpaired) electrons. The van der Waals surface area contributed by atoms with Crippen molar-refractivity contribution in [1.82, 2.24) is 0 Å². The van der Waals surface area contributed by atoms with Gasteiger partial charge in [0.05, 0.1) is 7.11 Å². The largest absolute Gasteiger partial charge is 0.479 e. The van der Waals surface area contributed by atoms with E-state index in [0.717, 1.165) is 5.56 Å². The number of nitrogens with one attached hydrogen (secondary N) is 1. The van der Waals surface area contributed by atoms with Gasteiger partial charge in [-0.05, 0) is 55.8 Å². The highest BCUT2D eigenvalue weighted by molar-refractivity contribution is 6.31. The van der Waals surface area contributed by atoms with E-state index >= 15 is 0 Å². The van der Waals surface area contributed by atoms with Gasteiger partial charge in [-0.3, -0.25) is 4.79 Å². The van der Waals surface area contributed by atoms with Gasteiger partial charge < -0.3 is 14.8 Å². The van der Waals surface area contributed by atoms with Crippen molar-refractivity contribution < 1.29 is 19.1 Å². The van der Waals surface area contributed by atoms with E-state index in [1.54, 1.807) is 49.4 Å². The highest BCUT2D eigenvalue weighted by Crippen LogP contribution is 2.23. The van der Waals surface area contributed by atoms with Crippen LogP contribution in [-0.4, -0.2) is 25.1 Å². The minimum atomic E-state index is -0.719. The second-order valence-corrected chi connectivity index (χ2v) is 5.58. The van der Waals surface area contributed by atoms with Crippen LogP contribution in [0.25, 0.3) is 0 Å². The average molecular weight is 348 g/mol. The molecule has 2 aromatic carbocycles. The molecule has 0 bridgehead atoms. The summed E-state index contributed by atoms with van der Waals surface area (Å²) < 4.78 is 10.0. The molecule has 24 heavy (non-hydrogen) atoms. The first-order valence-electron chi connectivity index (χ1n) is 7.33. The fraction of sp³-hybridized carbons (Fsp3) is 0.222. The van der Waals surface area contributed by atoms with Crippen LogP contribution in [0.1, 0.15) is 22.8 Å². The summed E-state index contributed by atoms with van der Waals surface area (Å²) in [5, 5.41) is 3.41. The summed E-state index contributed by atoms with van der Waals surface area (Å²) in [6, 6.07) is 11.8. The molecule has 1 N–H and O–H groups in total. The van der Waals surface area contributed by atoms with Crippen molar-refractivity contribution in [3.8, 4) is 5.75 Å². The molecule has 0 unspecified atom stereocenters. The van der Waals surface area contributed by atoms with Gasteiger partial charge in [-0.1, -0.05) is 17.7 Å². The van der Waals surface area contributed by atoms with E-state index in [9.17, 15) is 9.59 Å². The minimum absolute atomic E-state index is 0.257. The molecule has 0 spiro atoms.